The highest BCUT2D eigenvalue weighted by Crippen LogP contribution is 2.18. The molecule has 0 aliphatic rings. The first kappa shape index (κ1) is 14.3. The van der Waals surface area contributed by atoms with E-state index in [1.165, 1.54) is 30.8 Å². The van der Waals surface area contributed by atoms with Gasteiger partial charge < -0.3 is 10.2 Å². The minimum Gasteiger partial charge on any atom is -0.375 e. The van der Waals surface area contributed by atoms with Gasteiger partial charge in [-0.2, -0.15) is 0 Å². The first-order valence-electron chi connectivity index (χ1n) is 6.17. The molecule has 0 aromatic carbocycles. The molecule has 0 radical (unpaired) electrons. The maximum atomic E-state index is 5.68. The topological polar surface area (TPSA) is 73.1 Å². The van der Waals surface area contributed by atoms with Crippen molar-refractivity contribution in [1.29, 1.82) is 0 Å². The molecule has 1 heterocycles. The molecule has 0 bridgehead atoms. The summed E-state index contributed by atoms with van der Waals surface area (Å²) in [6.45, 7) is 5.70. The molecule has 3 N–H and O–H groups in total. The van der Waals surface area contributed by atoms with Crippen LogP contribution in [0.15, 0.2) is 0 Å². The van der Waals surface area contributed by atoms with Gasteiger partial charge in [0.25, 0.3) is 0 Å². The van der Waals surface area contributed by atoms with Crippen LogP contribution in [-0.2, 0) is 11.3 Å². The van der Waals surface area contributed by atoms with Gasteiger partial charge >= 0.3 is 0 Å². The number of nitrogens with one attached hydrogen (secondary N) is 1. The zero-order valence-corrected chi connectivity index (χ0v) is 11.4. The fraction of sp³-hybridized carbons (Fsp3) is 0.818. The van der Waals surface area contributed by atoms with Crippen LogP contribution in [0.2, 0.25) is 0 Å². The molecule has 1 atom stereocenters. The fourth-order valence-electron chi connectivity index (χ4n) is 1.63. The van der Waals surface area contributed by atoms with Gasteiger partial charge in [-0.3, -0.25) is 0 Å². The Morgan fingerprint density at radius 1 is 1.47 bits per heavy atom. The van der Waals surface area contributed by atoms with Crippen LogP contribution < -0.4 is 11.3 Å². The Morgan fingerprint density at radius 2 is 2.29 bits per heavy atom. The molecule has 0 saturated heterocycles. The normalized spacial score (nSPS) is 12.6. The van der Waals surface area contributed by atoms with Crippen molar-refractivity contribution in [2.45, 2.75) is 46.1 Å². The zero-order valence-electron chi connectivity index (χ0n) is 10.6. The second-order valence-electron chi connectivity index (χ2n) is 4.12. The lowest BCUT2D eigenvalue weighted by molar-refractivity contribution is 0.0802. The lowest BCUT2D eigenvalue weighted by atomic mass is 10.0. The van der Waals surface area contributed by atoms with Crippen LogP contribution >= 0.6 is 11.5 Å². The van der Waals surface area contributed by atoms with Gasteiger partial charge in [-0.05, 0) is 12.3 Å². The van der Waals surface area contributed by atoms with E-state index in [0.717, 1.165) is 23.7 Å². The summed E-state index contributed by atoms with van der Waals surface area (Å²) in [4.78, 5) is 0. The summed E-state index contributed by atoms with van der Waals surface area (Å²) >= 11 is 1.25. The predicted octanol–water partition coefficient (Wildman–Crippen LogP) is 2.56. The quantitative estimate of drug-likeness (QED) is 0.526. The van der Waals surface area contributed by atoms with Crippen molar-refractivity contribution in [3.8, 4) is 0 Å². The highest BCUT2D eigenvalue weighted by molar-refractivity contribution is 7.10. The number of rotatable bonds is 9. The van der Waals surface area contributed by atoms with Crippen LogP contribution in [0.1, 0.15) is 45.2 Å². The standard InChI is InChI=1S/C11H22N4OS/c1-3-5-6-9(4-2)7-16-8-10-11(13-12)17-15-14-10/h9,13H,3-8,12H2,1-2H3. The van der Waals surface area contributed by atoms with Crippen molar-refractivity contribution < 1.29 is 4.74 Å². The van der Waals surface area contributed by atoms with E-state index < -0.39 is 0 Å². The molecule has 0 saturated carbocycles. The molecule has 1 unspecified atom stereocenters. The number of hydrogen-bond acceptors (Lipinski definition) is 6. The summed E-state index contributed by atoms with van der Waals surface area (Å²) in [5, 5.41) is 4.76. The van der Waals surface area contributed by atoms with Crippen LogP contribution in [0.4, 0.5) is 5.00 Å². The average Bonchev–Trinajstić information content (AvgIpc) is 2.81. The molecule has 0 aliphatic heterocycles. The molecule has 0 aliphatic carbocycles. The van der Waals surface area contributed by atoms with E-state index in [0.29, 0.717) is 12.5 Å². The lowest BCUT2D eigenvalue weighted by Gasteiger charge is -2.14. The smallest absolute Gasteiger partial charge is 0.149 e. The van der Waals surface area contributed by atoms with Crippen molar-refractivity contribution in [3.63, 3.8) is 0 Å². The predicted molar refractivity (Wildman–Crippen MR) is 70.7 cm³/mol. The molecule has 1 rings (SSSR count). The third-order valence-corrected chi connectivity index (χ3v) is 3.52. The van der Waals surface area contributed by atoms with Crippen LogP contribution in [0.25, 0.3) is 0 Å². The van der Waals surface area contributed by atoms with Gasteiger partial charge in [0, 0.05) is 18.1 Å². The molecule has 1 aromatic heterocycles. The lowest BCUT2D eigenvalue weighted by Crippen LogP contribution is -2.11. The minimum absolute atomic E-state index is 0.485. The second-order valence-corrected chi connectivity index (χ2v) is 4.88. The summed E-state index contributed by atoms with van der Waals surface area (Å²) in [6, 6.07) is 0. The number of unbranched alkanes of at least 4 members (excludes halogenated alkanes) is 1. The number of hydrogen-bond donors (Lipinski definition) is 2. The number of nitrogens with zero attached hydrogens (tertiary/aromatic N) is 2. The maximum Gasteiger partial charge on any atom is 0.149 e. The average molecular weight is 258 g/mol. The van der Waals surface area contributed by atoms with Gasteiger partial charge in [0.1, 0.15) is 10.7 Å². The summed E-state index contributed by atoms with van der Waals surface area (Å²) in [5.41, 5.74) is 3.37. The molecular formula is C11H22N4OS. The molecule has 5 nitrogen and oxygen atoms in total. The summed E-state index contributed by atoms with van der Waals surface area (Å²) in [6.07, 6.45) is 4.92. The molecule has 98 valence electrons. The van der Waals surface area contributed by atoms with Gasteiger partial charge in [0.15, 0.2) is 0 Å². The first-order valence-corrected chi connectivity index (χ1v) is 6.94. The van der Waals surface area contributed by atoms with E-state index in [9.17, 15) is 0 Å². The van der Waals surface area contributed by atoms with E-state index in [4.69, 9.17) is 10.6 Å². The highest BCUT2D eigenvalue weighted by atomic mass is 32.1. The van der Waals surface area contributed by atoms with Crippen molar-refractivity contribution >= 4 is 16.5 Å². The molecule has 0 fully saturated rings. The monoisotopic (exact) mass is 258 g/mol. The molecule has 17 heavy (non-hydrogen) atoms. The number of nitrogen functional groups attached to an aromatic ring is 1. The van der Waals surface area contributed by atoms with Gasteiger partial charge in [0.2, 0.25) is 0 Å². The summed E-state index contributed by atoms with van der Waals surface area (Å²) in [5.74, 6) is 5.99. The van der Waals surface area contributed by atoms with Crippen LogP contribution in [0.5, 0.6) is 0 Å². The van der Waals surface area contributed by atoms with Crippen LogP contribution in [-0.4, -0.2) is 16.2 Å². The molecule has 6 heteroatoms. The Balaban J connectivity index is 2.26. The van der Waals surface area contributed by atoms with E-state index in [1.54, 1.807) is 0 Å². The summed E-state index contributed by atoms with van der Waals surface area (Å²) < 4.78 is 9.51. The van der Waals surface area contributed by atoms with Crippen molar-refractivity contribution in [2.75, 3.05) is 12.0 Å². The third-order valence-electron chi connectivity index (χ3n) is 2.82. The Labute approximate surface area is 107 Å². The third kappa shape index (κ3) is 4.97. The number of nitrogens with two attached hydrogens (primary N) is 1. The Bertz CT molecular complexity index is 305. The molecule has 0 spiro atoms. The number of anilines is 1. The van der Waals surface area contributed by atoms with E-state index in [-0.39, 0.29) is 0 Å². The number of ether oxygens (including phenoxy) is 1. The highest BCUT2D eigenvalue weighted by Gasteiger charge is 2.09. The Morgan fingerprint density at radius 3 is 2.94 bits per heavy atom. The van der Waals surface area contributed by atoms with E-state index in [1.807, 2.05) is 0 Å². The first-order chi connectivity index (χ1) is 8.31. The maximum absolute atomic E-state index is 5.68. The summed E-state index contributed by atoms with van der Waals surface area (Å²) in [7, 11) is 0. The van der Waals surface area contributed by atoms with Gasteiger partial charge in [-0.25, -0.2) is 5.84 Å². The van der Waals surface area contributed by atoms with Gasteiger partial charge in [0.05, 0.1) is 6.61 Å². The Kier molecular flexibility index (Phi) is 7.07. The number of hydrazine groups is 1. The van der Waals surface area contributed by atoms with Crippen LogP contribution in [0, 0.1) is 5.92 Å². The van der Waals surface area contributed by atoms with E-state index in [2.05, 4.69) is 28.9 Å². The molecule has 1 aromatic rings. The fourth-order valence-corrected chi connectivity index (χ4v) is 2.11. The van der Waals surface area contributed by atoms with Crippen molar-refractivity contribution in [1.82, 2.24) is 9.59 Å². The molecular weight excluding hydrogens is 236 g/mol. The zero-order chi connectivity index (χ0) is 12.5. The van der Waals surface area contributed by atoms with Crippen LogP contribution in [0.3, 0.4) is 0 Å². The minimum atomic E-state index is 0.485. The number of aromatic nitrogens is 2. The largest absolute Gasteiger partial charge is 0.375 e. The Hall–Kier alpha value is -0.720. The van der Waals surface area contributed by atoms with Crippen molar-refractivity contribution in [3.05, 3.63) is 5.69 Å². The van der Waals surface area contributed by atoms with Gasteiger partial charge in [-0.1, -0.05) is 37.6 Å². The second kappa shape index (κ2) is 8.38. The molecule has 0 amide bonds. The van der Waals surface area contributed by atoms with Gasteiger partial charge in [-0.15, -0.1) is 5.10 Å². The van der Waals surface area contributed by atoms with E-state index >= 15 is 0 Å². The SMILES string of the molecule is CCCCC(CC)COCc1nnsc1NN. The van der Waals surface area contributed by atoms with Crippen molar-refractivity contribution in [2.24, 2.45) is 11.8 Å².